The first-order chi connectivity index (χ1) is 6.56. The lowest BCUT2D eigenvalue weighted by Gasteiger charge is -2.18. The van der Waals surface area contributed by atoms with Crippen LogP contribution in [0, 0.1) is 12.8 Å². The Labute approximate surface area is 86.1 Å². The molecule has 0 heterocycles. The van der Waals surface area contributed by atoms with Gasteiger partial charge in [0.2, 0.25) is 0 Å². The van der Waals surface area contributed by atoms with Gasteiger partial charge in [0.25, 0.3) is 0 Å². The predicted octanol–water partition coefficient (Wildman–Crippen LogP) is 2.66. The number of benzene rings is 1. The van der Waals surface area contributed by atoms with Gasteiger partial charge in [0.05, 0.1) is 7.11 Å². The van der Waals surface area contributed by atoms with Crippen LogP contribution in [0.5, 0.6) is 5.75 Å². The lowest BCUT2D eigenvalue weighted by Crippen LogP contribution is -2.17. The molecule has 78 valence electrons. The summed E-state index contributed by atoms with van der Waals surface area (Å²) in [5, 5.41) is 0. The zero-order valence-electron chi connectivity index (χ0n) is 9.37. The first kappa shape index (κ1) is 11.1. The van der Waals surface area contributed by atoms with Gasteiger partial charge in [-0.3, -0.25) is 0 Å². The van der Waals surface area contributed by atoms with E-state index >= 15 is 0 Å². The van der Waals surface area contributed by atoms with Crippen LogP contribution in [0.1, 0.15) is 31.0 Å². The van der Waals surface area contributed by atoms with Gasteiger partial charge in [-0.15, -0.1) is 0 Å². The van der Waals surface area contributed by atoms with E-state index in [0.717, 1.165) is 5.75 Å². The summed E-state index contributed by atoms with van der Waals surface area (Å²) >= 11 is 0. The number of aryl methyl sites for hydroxylation is 1. The predicted molar refractivity (Wildman–Crippen MR) is 59.5 cm³/mol. The van der Waals surface area contributed by atoms with Crippen molar-refractivity contribution in [1.82, 2.24) is 0 Å². The molecule has 0 spiro atoms. The molecule has 0 radical (unpaired) electrons. The summed E-state index contributed by atoms with van der Waals surface area (Å²) in [4.78, 5) is 0. The van der Waals surface area contributed by atoms with Gasteiger partial charge in [-0.25, -0.2) is 0 Å². The topological polar surface area (TPSA) is 35.2 Å². The number of hydrogen-bond donors (Lipinski definition) is 1. The Hall–Kier alpha value is -1.02. The fraction of sp³-hybridized carbons (Fsp3) is 0.500. The standard InChI is InChI=1S/C12H19NO/c1-8(2)12(13)11-6-5-10(14-4)7-9(11)3/h5-8,12H,13H2,1-4H3/t12-/m0/s1. The third-order valence-corrected chi connectivity index (χ3v) is 2.55. The molecule has 2 nitrogen and oxygen atoms in total. The molecule has 1 aromatic carbocycles. The molecule has 0 amide bonds. The minimum atomic E-state index is 0.112. The summed E-state index contributed by atoms with van der Waals surface area (Å²) in [6, 6.07) is 6.15. The highest BCUT2D eigenvalue weighted by Gasteiger charge is 2.12. The van der Waals surface area contributed by atoms with Gasteiger partial charge in [-0.05, 0) is 36.1 Å². The molecule has 1 atom stereocenters. The van der Waals surface area contributed by atoms with Gasteiger partial charge in [0, 0.05) is 6.04 Å². The molecule has 0 bridgehead atoms. The molecular weight excluding hydrogens is 174 g/mol. The van der Waals surface area contributed by atoms with E-state index in [1.807, 2.05) is 12.1 Å². The maximum Gasteiger partial charge on any atom is 0.119 e. The highest BCUT2D eigenvalue weighted by Crippen LogP contribution is 2.25. The third-order valence-electron chi connectivity index (χ3n) is 2.55. The fourth-order valence-corrected chi connectivity index (χ4v) is 1.51. The maximum absolute atomic E-state index is 6.09. The van der Waals surface area contributed by atoms with Crippen molar-refractivity contribution in [2.45, 2.75) is 26.8 Å². The number of nitrogens with two attached hydrogens (primary N) is 1. The molecule has 0 aliphatic rings. The third kappa shape index (κ3) is 2.26. The zero-order chi connectivity index (χ0) is 10.7. The fourth-order valence-electron chi connectivity index (χ4n) is 1.51. The minimum Gasteiger partial charge on any atom is -0.497 e. The van der Waals surface area contributed by atoms with Crippen molar-refractivity contribution >= 4 is 0 Å². The minimum absolute atomic E-state index is 0.112. The largest absolute Gasteiger partial charge is 0.497 e. The second-order valence-corrected chi connectivity index (χ2v) is 3.99. The summed E-state index contributed by atoms with van der Waals surface area (Å²) in [5.41, 5.74) is 8.50. The Kier molecular flexibility index (Phi) is 3.53. The summed E-state index contributed by atoms with van der Waals surface area (Å²) in [6.45, 7) is 6.34. The van der Waals surface area contributed by atoms with Gasteiger partial charge < -0.3 is 10.5 Å². The van der Waals surface area contributed by atoms with E-state index in [9.17, 15) is 0 Å². The van der Waals surface area contributed by atoms with Crippen LogP contribution in [0.3, 0.4) is 0 Å². The number of ether oxygens (including phenoxy) is 1. The SMILES string of the molecule is COc1ccc([C@@H](N)C(C)C)c(C)c1. The Bertz CT molecular complexity index is 307. The highest BCUT2D eigenvalue weighted by molar-refractivity contribution is 5.36. The van der Waals surface area contributed by atoms with Gasteiger partial charge in [0.15, 0.2) is 0 Å². The summed E-state index contributed by atoms with van der Waals surface area (Å²) in [7, 11) is 1.68. The van der Waals surface area contributed by atoms with Crippen molar-refractivity contribution in [3.05, 3.63) is 29.3 Å². The number of hydrogen-bond acceptors (Lipinski definition) is 2. The monoisotopic (exact) mass is 193 g/mol. The van der Waals surface area contributed by atoms with Crippen LogP contribution in [0.15, 0.2) is 18.2 Å². The molecule has 1 aromatic rings. The average molecular weight is 193 g/mol. The van der Waals surface area contributed by atoms with Gasteiger partial charge in [-0.2, -0.15) is 0 Å². The van der Waals surface area contributed by atoms with Crippen LogP contribution in [-0.4, -0.2) is 7.11 Å². The molecule has 0 aliphatic carbocycles. The van der Waals surface area contributed by atoms with E-state index in [0.29, 0.717) is 5.92 Å². The van der Waals surface area contributed by atoms with Crippen molar-refractivity contribution < 1.29 is 4.74 Å². The Morgan fingerprint density at radius 1 is 1.29 bits per heavy atom. The molecule has 1 rings (SSSR count). The first-order valence-corrected chi connectivity index (χ1v) is 4.96. The van der Waals surface area contributed by atoms with Crippen LogP contribution >= 0.6 is 0 Å². The smallest absolute Gasteiger partial charge is 0.119 e. The molecule has 0 unspecified atom stereocenters. The lowest BCUT2D eigenvalue weighted by molar-refractivity contribution is 0.413. The molecule has 0 aliphatic heterocycles. The Morgan fingerprint density at radius 3 is 2.36 bits per heavy atom. The van der Waals surface area contributed by atoms with Crippen molar-refractivity contribution in [3.8, 4) is 5.75 Å². The van der Waals surface area contributed by atoms with E-state index in [1.54, 1.807) is 7.11 Å². The zero-order valence-corrected chi connectivity index (χ0v) is 9.37. The summed E-state index contributed by atoms with van der Waals surface area (Å²) < 4.78 is 5.15. The average Bonchev–Trinajstić information content (AvgIpc) is 2.16. The van der Waals surface area contributed by atoms with Crippen molar-refractivity contribution in [1.29, 1.82) is 0 Å². The van der Waals surface area contributed by atoms with Gasteiger partial charge in [0.1, 0.15) is 5.75 Å². The second kappa shape index (κ2) is 4.47. The van der Waals surface area contributed by atoms with E-state index in [4.69, 9.17) is 10.5 Å². The lowest BCUT2D eigenvalue weighted by atomic mass is 9.93. The van der Waals surface area contributed by atoms with Crippen LogP contribution in [0.4, 0.5) is 0 Å². The molecule has 2 N–H and O–H groups in total. The van der Waals surface area contributed by atoms with Crippen molar-refractivity contribution in [3.63, 3.8) is 0 Å². The number of rotatable bonds is 3. The van der Waals surface area contributed by atoms with Gasteiger partial charge >= 0.3 is 0 Å². The summed E-state index contributed by atoms with van der Waals surface area (Å²) in [5.74, 6) is 1.35. The Morgan fingerprint density at radius 2 is 1.93 bits per heavy atom. The maximum atomic E-state index is 6.09. The van der Waals surface area contributed by atoms with Crippen molar-refractivity contribution in [2.75, 3.05) is 7.11 Å². The molecule has 0 aromatic heterocycles. The summed E-state index contributed by atoms with van der Waals surface area (Å²) in [6.07, 6.45) is 0. The van der Waals surface area contributed by atoms with Crippen LogP contribution in [0.25, 0.3) is 0 Å². The van der Waals surface area contributed by atoms with E-state index in [1.165, 1.54) is 11.1 Å². The first-order valence-electron chi connectivity index (χ1n) is 4.96. The van der Waals surface area contributed by atoms with E-state index < -0.39 is 0 Å². The normalized spacial score (nSPS) is 13.0. The quantitative estimate of drug-likeness (QED) is 0.801. The molecule has 0 saturated heterocycles. The highest BCUT2D eigenvalue weighted by atomic mass is 16.5. The van der Waals surface area contributed by atoms with E-state index in [-0.39, 0.29) is 6.04 Å². The van der Waals surface area contributed by atoms with Crippen LogP contribution in [-0.2, 0) is 0 Å². The van der Waals surface area contributed by atoms with E-state index in [2.05, 4.69) is 26.8 Å². The van der Waals surface area contributed by atoms with Crippen molar-refractivity contribution in [2.24, 2.45) is 11.7 Å². The van der Waals surface area contributed by atoms with Crippen LogP contribution < -0.4 is 10.5 Å². The molecule has 14 heavy (non-hydrogen) atoms. The number of methoxy groups -OCH3 is 1. The Balaban J connectivity index is 2.99. The molecule has 0 saturated carbocycles. The second-order valence-electron chi connectivity index (χ2n) is 3.99. The van der Waals surface area contributed by atoms with Crippen LogP contribution in [0.2, 0.25) is 0 Å². The molecule has 2 heteroatoms. The molecule has 0 fully saturated rings. The molecular formula is C12H19NO. The van der Waals surface area contributed by atoms with Gasteiger partial charge in [-0.1, -0.05) is 19.9 Å².